The molecule has 3 aromatic rings. The number of nitrogens with two attached hydrogens (primary N) is 1. The van der Waals surface area contributed by atoms with E-state index in [1.54, 1.807) is 12.1 Å². The largest absolute Gasteiger partial charge is 0.397 e. The Labute approximate surface area is 138 Å². The van der Waals surface area contributed by atoms with Gasteiger partial charge in [0.25, 0.3) is 5.91 Å². The van der Waals surface area contributed by atoms with Gasteiger partial charge >= 0.3 is 0 Å². The smallest absolute Gasteiger partial charge is 0.267 e. The Morgan fingerprint density at radius 1 is 1.19 bits per heavy atom. The molecule has 106 valence electrons. The summed E-state index contributed by atoms with van der Waals surface area (Å²) < 4.78 is 15.5. The molecule has 0 bridgehead atoms. The van der Waals surface area contributed by atoms with E-state index in [9.17, 15) is 9.18 Å². The average Bonchev–Trinajstić information content (AvgIpc) is 2.80. The van der Waals surface area contributed by atoms with Crippen LogP contribution in [-0.2, 0) is 0 Å². The first kappa shape index (κ1) is 14.3. The number of amides is 1. The highest BCUT2D eigenvalue weighted by Crippen LogP contribution is 2.35. The molecule has 0 aliphatic rings. The summed E-state index contributed by atoms with van der Waals surface area (Å²) in [5.74, 6) is -0.733. The van der Waals surface area contributed by atoms with Crippen LogP contribution in [0.15, 0.2) is 42.5 Å². The summed E-state index contributed by atoms with van der Waals surface area (Å²) in [6.07, 6.45) is 0. The number of nitrogen functional groups attached to an aromatic ring is 1. The maximum Gasteiger partial charge on any atom is 0.267 e. The van der Waals surface area contributed by atoms with E-state index in [2.05, 4.69) is 27.9 Å². The summed E-state index contributed by atoms with van der Waals surface area (Å²) in [4.78, 5) is 12.6. The van der Waals surface area contributed by atoms with Gasteiger partial charge in [-0.2, -0.15) is 0 Å². The Bertz CT molecular complexity index is 830. The van der Waals surface area contributed by atoms with Crippen molar-refractivity contribution in [2.75, 3.05) is 11.1 Å². The number of halogens is 2. The van der Waals surface area contributed by atoms with Crippen LogP contribution in [-0.4, -0.2) is 5.91 Å². The quantitative estimate of drug-likeness (QED) is 0.610. The second-order valence-corrected chi connectivity index (χ2v) is 6.72. The van der Waals surface area contributed by atoms with Crippen molar-refractivity contribution in [2.45, 2.75) is 0 Å². The second-order valence-electron chi connectivity index (χ2n) is 4.42. The summed E-state index contributed by atoms with van der Waals surface area (Å²) >= 11 is 3.38. The topological polar surface area (TPSA) is 55.1 Å². The Hall–Kier alpha value is -1.67. The summed E-state index contributed by atoms with van der Waals surface area (Å²) in [7, 11) is 0. The van der Waals surface area contributed by atoms with Crippen LogP contribution in [0.5, 0.6) is 0 Å². The van der Waals surface area contributed by atoms with E-state index in [4.69, 9.17) is 5.73 Å². The molecular formula is C15H10FIN2OS. The normalized spacial score (nSPS) is 10.8. The van der Waals surface area contributed by atoms with Crippen molar-refractivity contribution < 1.29 is 9.18 Å². The van der Waals surface area contributed by atoms with E-state index < -0.39 is 5.82 Å². The molecule has 0 unspecified atom stereocenters. The molecule has 3 N–H and O–H groups in total. The summed E-state index contributed by atoms with van der Waals surface area (Å²) in [5.41, 5.74) is 6.80. The SMILES string of the molecule is Nc1c(C(=O)Nc2ccc(I)cc2)sc2cccc(F)c12. The van der Waals surface area contributed by atoms with Crippen molar-refractivity contribution in [1.82, 2.24) is 0 Å². The van der Waals surface area contributed by atoms with Crippen molar-refractivity contribution in [3.05, 3.63) is 56.7 Å². The zero-order chi connectivity index (χ0) is 15.0. The van der Waals surface area contributed by atoms with Crippen LogP contribution < -0.4 is 11.1 Å². The zero-order valence-corrected chi connectivity index (χ0v) is 13.7. The number of carbonyl (C=O) groups is 1. The van der Waals surface area contributed by atoms with Gasteiger partial charge in [0, 0.05) is 14.0 Å². The molecule has 0 fully saturated rings. The first-order valence-electron chi connectivity index (χ1n) is 6.09. The van der Waals surface area contributed by atoms with E-state index in [1.807, 2.05) is 24.3 Å². The minimum atomic E-state index is -0.408. The van der Waals surface area contributed by atoms with Crippen LogP contribution in [0.2, 0.25) is 0 Å². The number of thiophene rings is 1. The highest BCUT2D eigenvalue weighted by molar-refractivity contribution is 14.1. The lowest BCUT2D eigenvalue weighted by molar-refractivity contribution is 0.103. The molecule has 0 spiro atoms. The van der Waals surface area contributed by atoms with Gasteiger partial charge in [0.05, 0.1) is 11.1 Å². The molecule has 6 heteroatoms. The number of benzene rings is 2. The van der Waals surface area contributed by atoms with Crippen LogP contribution in [0.3, 0.4) is 0 Å². The standard InChI is InChI=1S/C15H10FIN2OS/c16-10-2-1-3-11-12(10)13(18)14(21-11)15(20)19-9-6-4-8(17)5-7-9/h1-7H,18H2,(H,19,20). The van der Waals surface area contributed by atoms with Crippen molar-refractivity contribution in [3.63, 3.8) is 0 Å². The fraction of sp³-hybridized carbons (Fsp3) is 0. The number of carbonyl (C=O) groups excluding carboxylic acids is 1. The molecule has 3 rings (SSSR count). The lowest BCUT2D eigenvalue weighted by Crippen LogP contribution is -2.11. The minimum Gasteiger partial charge on any atom is -0.397 e. The van der Waals surface area contributed by atoms with Crippen molar-refractivity contribution in [3.8, 4) is 0 Å². The number of hydrogen-bond donors (Lipinski definition) is 2. The molecule has 0 atom stereocenters. The molecule has 0 radical (unpaired) electrons. The molecule has 2 aromatic carbocycles. The van der Waals surface area contributed by atoms with E-state index in [1.165, 1.54) is 17.4 Å². The summed E-state index contributed by atoms with van der Waals surface area (Å²) in [6, 6.07) is 12.1. The minimum absolute atomic E-state index is 0.191. The predicted octanol–water partition coefficient (Wildman–Crippen LogP) is 4.48. The lowest BCUT2D eigenvalue weighted by Gasteiger charge is -2.04. The van der Waals surface area contributed by atoms with Crippen LogP contribution in [0.1, 0.15) is 9.67 Å². The molecule has 21 heavy (non-hydrogen) atoms. The highest BCUT2D eigenvalue weighted by Gasteiger charge is 2.18. The lowest BCUT2D eigenvalue weighted by atomic mass is 10.2. The highest BCUT2D eigenvalue weighted by atomic mass is 127. The number of nitrogens with one attached hydrogen (secondary N) is 1. The Morgan fingerprint density at radius 2 is 1.90 bits per heavy atom. The third-order valence-electron chi connectivity index (χ3n) is 3.01. The van der Waals surface area contributed by atoms with E-state index in [0.717, 1.165) is 3.57 Å². The maximum absolute atomic E-state index is 13.8. The van der Waals surface area contributed by atoms with Crippen LogP contribution >= 0.6 is 33.9 Å². The fourth-order valence-electron chi connectivity index (χ4n) is 2.02. The van der Waals surface area contributed by atoms with Gasteiger partial charge < -0.3 is 11.1 Å². The average molecular weight is 412 g/mol. The Morgan fingerprint density at radius 3 is 2.57 bits per heavy atom. The Kier molecular flexibility index (Phi) is 3.81. The van der Waals surface area contributed by atoms with Gasteiger partial charge in [0.1, 0.15) is 10.7 Å². The predicted molar refractivity (Wildman–Crippen MR) is 93.3 cm³/mol. The Balaban J connectivity index is 1.96. The summed E-state index contributed by atoms with van der Waals surface area (Å²) in [6.45, 7) is 0. The zero-order valence-electron chi connectivity index (χ0n) is 10.7. The molecule has 0 aliphatic heterocycles. The second kappa shape index (κ2) is 5.61. The van der Waals surface area contributed by atoms with Gasteiger partial charge in [-0.3, -0.25) is 4.79 Å². The van der Waals surface area contributed by atoms with E-state index in [-0.39, 0.29) is 11.6 Å². The molecular weight excluding hydrogens is 402 g/mol. The molecule has 0 saturated carbocycles. The van der Waals surface area contributed by atoms with Crippen LogP contribution in [0, 0.1) is 9.39 Å². The van der Waals surface area contributed by atoms with Crippen LogP contribution in [0.4, 0.5) is 15.8 Å². The number of rotatable bonds is 2. The molecule has 1 aromatic heterocycles. The van der Waals surface area contributed by atoms with Gasteiger partial charge in [-0.1, -0.05) is 6.07 Å². The molecule has 1 heterocycles. The fourth-order valence-corrected chi connectivity index (χ4v) is 3.41. The van der Waals surface area contributed by atoms with Gasteiger partial charge in [0.2, 0.25) is 0 Å². The van der Waals surface area contributed by atoms with E-state index >= 15 is 0 Å². The molecule has 0 saturated heterocycles. The van der Waals surface area contributed by atoms with Gasteiger partial charge in [-0.25, -0.2) is 4.39 Å². The molecule has 3 nitrogen and oxygen atoms in total. The van der Waals surface area contributed by atoms with E-state index in [0.29, 0.717) is 20.7 Å². The van der Waals surface area contributed by atoms with Gasteiger partial charge in [-0.05, 0) is 59.0 Å². The molecule has 0 aliphatic carbocycles. The summed E-state index contributed by atoms with van der Waals surface area (Å²) in [5, 5.41) is 3.09. The molecule has 1 amide bonds. The monoisotopic (exact) mass is 412 g/mol. The van der Waals surface area contributed by atoms with Crippen LogP contribution in [0.25, 0.3) is 10.1 Å². The van der Waals surface area contributed by atoms with Gasteiger partial charge in [0.15, 0.2) is 0 Å². The van der Waals surface area contributed by atoms with Gasteiger partial charge in [-0.15, -0.1) is 11.3 Å². The van der Waals surface area contributed by atoms with Crippen molar-refractivity contribution in [2.24, 2.45) is 0 Å². The number of fused-ring (bicyclic) bond motifs is 1. The number of anilines is 2. The maximum atomic E-state index is 13.8. The first-order chi connectivity index (χ1) is 10.1. The third kappa shape index (κ3) is 2.73. The third-order valence-corrected chi connectivity index (χ3v) is 4.90. The number of hydrogen-bond acceptors (Lipinski definition) is 3. The van der Waals surface area contributed by atoms with Crippen molar-refractivity contribution in [1.29, 1.82) is 0 Å². The first-order valence-corrected chi connectivity index (χ1v) is 7.99. The van der Waals surface area contributed by atoms with Crippen molar-refractivity contribution >= 4 is 61.3 Å².